The third kappa shape index (κ3) is 4.16. The number of carbonyl (C=O) groups is 1. The van der Waals surface area contributed by atoms with Crippen molar-refractivity contribution in [3.8, 4) is 12.0 Å². The van der Waals surface area contributed by atoms with Gasteiger partial charge in [-0.1, -0.05) is 34.9 Å². The van der Waals surface area contributed by atoms with Gasteiger partial charge in [0.2, 0.25) is 0 Å². The standard InChI is InChI=1S/C16H11ClN2O2/c1-21-16(20)14-11-13(17)7-8-15(14)19-18-10-9-12-5-3-2-4-6-12/h2-8,11H,1H3. The molecule has 0 atom stereocenters. The number of benzene rings is 2. The molecule has 0 aromatic heterocycles. The smallest absolute Gasteiger partial charge is 0.340 e. The Morgan fingerprint density at radius 3 is 2.67 bits per heavy atom. The Morgan fingerprint density at radius 1 is 1.19 bits per heavy atom. The summed E-state index contributed by atoms with van der Waals surface area (Å²) in [5.74, 6) is 2.31. The Labute approximate surface area is 127 Å². The van der Waals surface area contributed by atoms with E-state index in [-0.39, 0.29) is 5.56 Å². The summed E-state index contributed by atoms with van der Waals surface area (Å²) >= 11 is 5.85. The van der Waals surface area contributed by atoms with Crippen molar-refractivity contribution in [3.05, 3.63) is 64.7 Å². The highest BCUT2D eigenvalue weighted by Gasteiger charge is 2.12. The van der Waals surface area contributed by atoms with Crippen LogP contribution in [0.15, 0.2) is 58.8 Å². The topological polar surface area (TPSA) is 51.0 Å². The maximum atomic E-state index is 11.6. The van der Waals surface area contributed by atoms with Crippen molar-refractivity contribution in [2.75, 3.05) is 7.11 Å². The number of halogens is 1. The molecule has 5 heteroatoms. The first-order valence-electron chi connectivity index (χ1n) is 6.05. The van der Waals surface area contributed by atoms with E-state index in [0.717, 1.165) is 5.56 Å². The Balaban J connectivity index is 2.22. The lowest BCUT2D eigenvalue weighted by molar-refractivity contribution is 0.0601. The molecule has 0 aliphatic heterocycles. The minimum Gasteiger partial charge on any atom is -0.465 e. The van der Waals surface area contributed by atoms with Crippen LogP contribution in [0.25, 0.3) is 0 Å². The molecule has 2 aromatic rings. The van der Waals surface area contributed by atoms with Crippen LogP contribution >= 0.6 is 11.6 Å². The number of methoxy groups -OCH3 is 1. The van der Waals surface area contributed by atoms with Gasteiger partial charge in [-0.05, 0) is 36.3 Å². The molecule has 0 saturated carbocycles. The lowest BCUT2D eigenvalue weighted by Gasteiger charge is -2.02. The van der Waals surface area contributed by atoms with Crippen LogP contribution in [0.3, 0.4) is 0 Å². The number of nitrogens with zero attached hydrogens (tertiary/aromatic N) is 2. The van der Waals surface area contributed by atoms with Gasteiger partial charge in [-0.3, -0.25) is 0 Å². The largest absolute Gasteiger partial charge is 0.465 e. The first kappa shape index (κ1) is 14.8. The Kier molecular flexibility index (Phi) is 5.08. The van der Waals surface area contributed by atoms with Crippen LogP contribution in [0.5, 0.6) is 0 Å². The zero-order valence-electron chi connectivity index (χ0n) is 11.2. The van der Waals surface area contributed by atoms with Gasteiger partial charge in [0, 0.05) is 10.6 Å². The Hall–Kier alpha value is -2.64. The van der Waals surface area contributed by atoms with E-state index in [1.807, 2.05) is 30.3 Å². The first-order valence-corrected chi connectivity index (χ1v) is 6.43. The van der Waals surface area contributed by atoms with Crippen molar-refractivity contribution in [2.45, 2.75) is 0 Å². The molecule has 0 spiro atoms. The summed E-state index contributed by atoms with van der Waals surface area (Å²) < 4.78 is 4.67. The normalized spacial score (nSPS) is 10.0. The summed E-state index contributed by atoms with van der Waals surface area (Å²) in [7, 11) is 1.29. The van der Waals surface area contributed by atoms with Crippen LogP contribution in [0.2, 0.25) is 5.02 Å². The van der Waals surface area contributed by atoms with E-state index in [1.54, 1.807) is 12.1 Å². The zero-order chi connectivity index (χ0) is 15.1. The molecule has 0 aliphatic carbocycles. The molecule has 0 saturated heterocycles. The minimum absolute atomic E-state index is 0.246. The number of carbonyl (C=O) groups excluding carboxylic acids is 1. The van der Waals surface area contributed by atoms with E-state index in [0.29, 0.717) is 10.7 Å². The molecule has 4 nitrogen and oxygen atoms in total. The number of rotatable bonds is 2. The lowest BCUT2D eigenvalue weighted by Crippen LogP contribution is -2.01. The molecule has 0 heterocycles. The number of hydrogen-bond donors (Lipinski definition) is 0. The molecule has 0 N–H and O–H groups in total. The first-order chi connectivity index (χ1) is 10.2. The molecule has 104 valence electrons. The summed E-state index contributed by atoms with van der Waals surface area (Å²) in [6.07, 6.45) is 0. The highest BCUT2D eigenvalue weighted by molar-refractivity contribution is 6.31. The van der Waals surface area contributed by atoms with Gasteiger partial charge in [-0.2, -0.15) is 0 Å². The van der Waals surface area contributed by atoms with Crippen molar-refractivity contribution in [1.29, 1.82) is 0 Å². The zero-order valence-corrected chi connectivity index (χ0v) is 12.0. The van der Waals surface area contributed by atoms with E-state index < -0.39 is 5.97 Å². The molecule has 0 amide bonds. The van der Waals surface area contributed by atoms with Crippen molar-refractivity contribution >= 4 is 23.3 Å². The summed E-state index contributed by atoms with van der Waals surface area (Å²) in [6.45, 7) is 0. The Bertz CT molecular complexity index is 731. The number of hydrogen-bond acceptors (Lipinski definition) is 4. The molecule has 2 rings (SSSR count). The molecule has 0 bridgehead atoms. The summed E-state index contributed by atoms with van der Waals surface area (Å²) in [5.41, 5.74) is 1.43. The van der Waals surface area contributed by atoms with Crippen LogP contribution in [-0.4, -0.2) is 13.1 Å². The molecule has 0 aliphatic rings. The lowest BCUT2D eigenvalue weighted by atomic mass is 10.2. The summed E-state index contributed by atoms with van der Waals surface area (Å²) in [6, 6.07) is 16.7. The molecule has 21 heavy (non-hydrogen) atoms. The second kappa shape index (κ2) is 7.22. The van der Waals surface area contributed by atoms with Gasteiger partial charge in [0.1, 0.15) is 5.69 Å². The SMILES string of the molecule is COC(=O)c1cc(Cl)ccc1N=NC#Cc1ccccc1. The van der Waals surface area contributed by atoms with Crippen molar-refractivity contribution in [3.63, 3.8) is 0 Å². The summed E-state index contributed by atoms with van der Waals surface area (Å²) in [4.78, 5) is 11.6. The van der Waals surface area contributed by atoms with Crippen molar-refractivity contribution < 1.29 is 9.53 Å². The Morgan fingerprint density at radius 2 is 1.95 bits per heavy atom. The average molecular weight is 299 g/mol. The summed E-state index contributed by atoms with van der Waals surface area (Å²) in [5, 5.41) is 8.10. The highest BCUT2D eigenvalue weighted by atomic mass is 35.5. The molecule has 2 aromatic carbocycles. The van der Waals surface area contributed by atoms with Gasteiger partial charge in [0.25, 0.3) is 0 Å². The molecule has 0 radical (unpaired) electrons. The van der Waals surface area contributed by atoms with Gasteiger partial charge in [-0.15, -0.1) is 5.11 Å². The van der Waals surface area contributed by atoms with Crippen LogP contribution in [0.4, 0.5) is 5.69 Å². The molecular formula is C16H11ClN2O2. The van der Waals surface area contributed by atoms with Gasteiger partial charge in [-0.25, -0.2) is 4.79 Å². The van der Waals surface area contributed by atoms with Crippen molar-refractivity contribution in [1.82, 2.24) is 0 Å². The number of azo groups is 1. The monoisotopic (exact) mass is 298 g/mol. The maximum Gasteiger partial charge on any atom is 0.340 e. The minimum atomic E-state index is -0.525. The predicted octanol–water partition coefficient (Wildman–Crippen LogP) is 4.22. The van der Waals surface area contributed by atoms with Gasteiger partial charge in [0.05, 0.1) is 18.7 Å². The quantitative estimate of drug-likeness (QED) is 0.473. The highest BCUT2D eigenvalue weighted by Crippen LogP contribution is 2.24. The second-order valence-electron chi connectivity index (χ2n) is 3.96. The van der Waals surface area contributed by atoms with E-state index in [1.165, 1.54) is 13.2 Å². The third-order valence-corrected chi connectivity index (χ3v) is 2.78. The van der Waals surface area contributed by atoms with Gasteiger partial charge in [0.15, 0.2) is 0 Å². The number of ether oxygens (including phenoxy) is 1. The van der Waals surface area contributed by atoms with Gasteiger partial charge >= 0.3 is 5.97 Å². The average Bonchev–Trinajstić information content (AvgIpc) is 2.53. The van der Waals surface area contributed by atoms with Crippen LogP contribution < -0.4 is 0 Å². The molecule has 0 unspecified atom stereocenters. The van der Waals surface area contributed by atoms with E-state index in [4.69, 9.17) is 11.6 Å². The fourth-order valence-electron chi connectivity index (χ4n) is 1.56. The maximum absolute atomic E-state index is 11.6. The molecular weight excluding hydrogens is 288 g/mol. The fourth-order valence-corrected chi connectivity index (χ4v) is 1.73. The third-order valence-electron chi connectivity index (χ3n) is 2.55. The van der Waals surface area contributed by atoms with E-state index in [9.17, 15) is 4.79 Å². The number of esters is 1. The van der Waals surface area contributed by atoms with Gasteiger partial charge < -0.3 is 4.74 Å². The van der Waals surface area contributed by atoms with Crippen LogP contribution in [0, 0.1) is 12.0 Å². The molecule has 0 fully saturated rings. The second-order valence-corrected chi connectivity index (χ2v) is 4.39. The van der Waals surface area contributed by atoms with Crippen LogP contribution in [-0.2, 0) is 4.74 Å². The fraction of sp³-hybridized carbons (Fsp3) is 0.0625. The van der Waals surface area contributed by atoms with E-state index in [2.05, 4.69) is 26.9 Å². The van der Waals surface area contributed by atoms with E-state index >= 15 is 0 Å². The van der Waals surface area contributed by atoms with Crippen LogP contribution in [0.1, 0.15) is 15.9 Å². The predicted molar refractivity (Wildman–Crippen MR) is 80.6 cm³/mol. The van der Waals surface area contributed by atoms with Crippen molar-refractivity contribution in [2.24, 2.45) is 10.2 Å².